The molecule has 5 nitrogen and oxygen atoms in total. The Balaban J connectivity index is 1.71. The van der Waals surface area contributed by atoms with Crippen molar-refractivity contribution in [1.82, 2.24) is 9.29 Å². The summed E-state index contributed by atoms with van der Waals surface area (Å²) in [6, 6.07) is 13.1. The van der Waals surface area contributed by atoms with Crippen LogP contribution in [0.4, 0.5) is 5.82 Å². The third kappa shape index (κ3) is 3.44. The number of aromatic nitrogens is 1. The van der Waals surface area contributed by atoms with E-state index in [-0.39, 0.29) is 0 Å². The fourth-order valence-corrected chi connectivity index (χ4v) is 4.33. The Morgan fingerprint density at radius 2 is 1.67 bits per heavy atom. The van der Waals surface area contributed by atoms with E-state index in [1.807, 2.05) is 37.3 Å². The number of benzene rings is 1. The molecule has 0 unspecified atom stereocenters. The van der Waals surface area contributed by atoms with Crippen molar-refractivity contribution in [3.05, 3.63) is 53.7 Å². The van der Waals surface area contributed by atoms with E-state index in [4.69, 9.17) is 0 Å². The first-order chi connectivity index (χ1) is 11.5. The van der Waals surface area contributed by atoms with E-state index in [2.05, 4.69) is 16.8 Å². The van der Waals surface area contributed by atoms with E-state index in [1.54, 1.807) is 16.4 Å². The SMILES string of the molecule is CCc1ccc(S(=O)(=O)N2CCN(c3cccc(C)n3)CC2)cc1. The molecule has 0 aliphatic carbocycles. The third-order valence-corrected chi connectivity index (χ3v) is 6.32. The van der Waals surface area contributed by atoms with Crippen LogP contribution >= 0.6 is 0 Å². The summed E-state index contributed by atoms with van der Waals surface area (Å²) in [5.41, 5.74) is 2.11. The number of hydrogen-bond acceptors (Lipinski definition) is 4. The van der Waals surface area contributed by atoms with Crippen molar-refractivity contribution in [1.29, 1.82) is 0 Å². The number of aryl methyl sites for hydroxylation is 2. The normalized spacial score (nSPS) is 16.3. The van der Waals surface area contributed by atoms with Crippen LogP contribution in [0, 0.1) is 6.92 Å². The zero-order chi connectivity index (χ0) is 17.2. The highest BCUT2D eigenvalue weighted by Gasteiger charge is 2.28. The maximum Gasteiger partial charge on any atom is 0.243 e. The molecule has 2 heterocycles. The lowest BCUT2D eigenvalue weighted by Gasteiger charge is -2.34. The van der Waals surface area contributed by atoms with Gasteiger partial charge in [0.15, 0.2) is 0 Å². The molecule has 1 saturated heterocycles. The number of anilines is 1. The van der Waals surface area contributed by atoms with Gasteiger partial charge in [0.05, 0.1) is 4.90 Å². The molecule has 128 valence electrons. The quantitative estimate of drug-likeness (QED) is 0.854. The molecule has 1 aliphatic heterocycles. The molecular weight excluding hydrogens is 322 g/mol. The summed E-state index contributed by atoms with van der Waals surface area (Å²) in [6.07, 6.45) is 0.905. The molecule has 3 rings (SSSR count). The van der Waals surface area contributed by atoms with Crippen LogP contribution in [0.5, 0.6) is 0 Å². The van der Waals surface area contributed by atoms with E-state index in [1.165, 1.54) is 0 Å². The van der Waals surface area contributed by atoms with Gasteiger partial charge in [0.2, 0.25) is 10.0 Å². The topological polar surface area (TPSA) is 53.5 Å². The average Bonchev–Trinajstić information content (AvgIpc) is 2.62. The Morgan fingerprint density at radius 3 is 2.25 bits per heavy atom. The molecule has 0 atom stereocenters. The second kappa shape index (κ2) is 6.91. The Morgan fingerprint density at radius 1 is 1.00 bits per heavy atom. The van der Waals surface area contributed by atoms with Gasteiger partial charge in [0, 0.05) is 31.9 Å². The summed E-state index contributed by atoms with van der Waals surface area (Å²) in [4.78, 5) is 7.03. The van der Waals surface area contributed by atoms with E-state index in [0.29, 0.717) is 31.1 Å². The second-order valence-electron chi connectivity index (χ2n) is 6.03. The number of piperazine rings is 1. The predicted octanol–water partition coefficient (Wildman–Crippen LogP) is 2.46. The van der Waals surface area contributed by atoms with Crippen molar-refractivity contribution in [3.8, 4) is 0 Å². The molecule has 1 aromatic heterocycles. The molecule has 6 heteroatoms. The first-order valence-corrected chi connectivity index (χ1v) is 9.72. The average molecular weight is 345 g/mol. The Labute approximate surface area is 144 Å². The van der Waals surface area contributed by atoms with Gasteiger partial charge < -0.3 is 4.90 Å². The van der Waals surface area contributed by atoms with Crippen molar-refractivity contribution >= 4 is 15.8 Å². The summed E-state index contributed by atoms with van der Waals surface area (Å²) < 4.78 is 27.1. The molecule has 1 aromatic carbocycles. The van der Waals surface area contributed by atoms with E-state index in [0.717, 1.165) is 23.5 Å². The minimum Gasteiger partial charge on any atom is -0.354 e. The van der Waals surface area contributed by atoms with Crippen LogP contribution in [0.15, 0.2) is 47.4 Å². The number of rotatable bonds is 4. The lowest BCUT2D eigenvalue weighted by Crippen LogP contribution is -2.48. The lowest BCUT2D eigenvalue weighted by molar-refractivity contribution is 0.384. The minimum absolute atomic E-state index is 0.377. The Bertz CT molecular complexity index is 795. The highest BCUT2D eigenvalue weighted by atomic mass is 32.2. The third-order valence-electron chi connectivity index (χ3n) is 4.41. The van der Waals surface area contributed by atoms with Gasteiger partial charge in [-0.2, -0.15) is 4.31 Å². The van der Waals surface area contributed by atoms with Crippen molar-refractivity contribution in [2.24, 2.45) is 0 Å². The Hall–Kier alpha value is -1.92. The lowest BCUT2D eigenvalue weighted by atomic mass is 10.2. The number of hydrogen-bond donors (Lipinski definition) is 0. The van der Waals surface area contributed by atoms with Gasteiger partial charge in [-0.15, -0.1) is 0 Å². The van der Waals surface area contributed by atoms with Gasteiger partial charge in [0.1, 0.15) is 5.82 Å². The summed E-state index contributed by atoms with van der Waals surface area (Å²) >= 11 is 0. The standard InChI is InChI=1S/C18H23N3O2S/c1-3-16-7-9-17(10-8-16)24(22,23)21-13-11-20(12-14-21)18-6-4-5-15(2)19-18/h4-10H,3,11-14H2,1-2H3. The van der Waals surface area contributed by atoms with Gasteiger partial charge in [-0.1, -0.05) is 25.1 Å². The Kier molecular flexibility index (Phi) is 4.87. The summed E-state index contributed by atoms with van der Waals surface area (Å²) in [5, 5.41) is 0. The van der Waals surface area contributed by atoms with Crippen LogP contribution in [-0.2, 0) is 16.4 Å². The highest BCUT2D eigenvalue weighted by Crippen LogP contribution is 2.20. The van der Waals surface area contributed by atoms with Crippen molar-refractivity contribution in [2.45, 2.75) is 25.2 Å². The molecule has 24 heavy (non-hydrogen) atoms. The van der Waals surface area contributed by atoms with E-state index < -0.39 is 10.0 Å². The van der Waals surface area contributed by atoms with Crippen LogP contribution in [0.25, 0.3) is 0 Å². The zero-order valence-corrected chi connectivity index (χ0v) is 15.0. The van der Waals surface area contributed by atoms with Crippen LogP contribution in [-0.4, -0.2) is 43.9 Å². The van der Waals surface area contributed by atoms with Gasteiger partial charge in [-0.05, 0) is 43.2 Å². The monoisotopic (exact) mass is 345 g/mol. The minimum atomic E-state index is -3.41. The van der Waals surface area contributed by atoms with Crippen LogP contribution in [0.2, 0.25) is 0 Å². The molecular formula is C18H23N3O2S. The first-order valence-electron chi connectivity index (χ1n) is 8.28. The van der Waals surface area contributed by atoms with Crippen molar-refractivity contribution < 1.29 is 8.42 Å². The van der Waals surface area contributed by atoms with Gasteiger partial charge in [0.25, 0.3) is 0 Å². The molecule has 0 spiro atoms. The number of sulfonamides is 1. The molecule has 1 fully saturated rings. The van der Waals surface area contributed by atoms with Gasteiger partial charge in [-0.3, -0.25) is 0 Å². The largest absolute Gasteiger partial charge is 0.354 e. The molecule has 1 aliphatic rings. The van der Waals surface area contributed by atoms with Gasteiger partial charge >= 0.3 is 0 Å². The fourth-order valence-electron chi connectivity index (χ4n) is 2.91. The maximum absolute atomic E-state index is 12.8. The van der Waals surface area contributed by atoms with E-state index >= 15 is 0 Å². The summed E-state index contributed by atoms with van der Waals surface area (Å²) in [6.45, 7) is 6.29. The number of pyridine rings is 1. The molecule has 0 saturated carbocycles. The zero-order valence-electron chi connectivity index (χ0n) is 14.1. The van der Waals surface area contributed by atoms with E-state index in [9.17, 15) is 8.42 Å². The van der Waals surface area contributed by atoms with Crippen LogP contribution in [0.1, 0.15) is 18.2 Å². The fraction of sp³-hybridized carbons (Fsp3) is 0.389. The molecule has 0 amide bonds. The predicted molar refractivity (Wildman–Crippen MR) is 95.8 cm³/mol. The highest BCUT2D eigenvalue weighted by molar-refractivity contribution is 7.89. The van der Waals surface area contributed by atoms with Crippen LogP contribution in [0.3, 0.4) is 0 Å². The first kappa shape index (κ1) is 16.9. The number of nitrogens with zero attached hydrogens (tertiary/aromatic N) is 3. The molecule has 0 radical (unpaired) electrons. The molecule has 0 bridgehead atoms. The summed E-state index contributed by atoms with van der Waals surface area (Å²) in [5.74, 6) is 0.916. The van der Waals surface area contributed by atoms with Crippen molar-refractivity contribution in [2.75, 3.05) is 31.1 Å². The summed E-state index contributed by atoms with van der Waals surface area (Å²) in [7, 11) is -3.41. The second-order valence-corrected chi connectivity index (χ2v) is 7.96. The molecule has 2 aromatic rings. The van der Waals surface area contributed by atoms with Crippen molar-refractivity contribution in [3.63, 3.8) is 0 Å². The molecule has 0 N–H and O–H groups in total. The maximum atomic E-state index is 12.8. The van der Waals surface area contributed by atoms with Crippen LogP contribution < -0.4 is 4.90 Å². The smallest absolute Gasteiger partial charge is 0.243 e. The van der Waals surface area contributed by atoms with Gasteiger partial charge in [-0.25, -0.2) is 13.4 Å².